The average molecular weight is 443 g/mol. The number of hydrogen-bond acceptors (Lipinski definition) is 4. The molecule has 1 N–H and O–H groups in total. The minimum absolute atomic E-state index is 0.232. The maximum atomic E-state index is 11.9. The maximum absolute atomic E-state index is 11.9. The van der Waals surface area contributed by atoms with E-state index in [0.717, 1.165) is 37.2 Å². The number of rotatable bonds is 7. The lowest BCUT2D eigenvalue weighted by Gasteiger charge is -2.32. The number of ether oxygens (including phenoxy) is 1. The van der Waals surface area contributed by atoms with Gasteiger partial charge in [0, 0.05) is 19.7 Å². The van der Waals surface area contributed by atoms with Gasteiger partial charge in [0.1, 0.15) is 11.3 Å². The second-order valence-electron chi connectivity index (χ2n) is 8.78. The minimum atomic E-state index is -0.232. The van der Waals surface area contributed by atoms with Crippen molar-refractivity contribution in [3.63, 3.8) is 0 Å². The molecule has 3 aromatic carbocycles. The number of nitrogens with zero attached hydrogens (tertiary/aromatic N) is 1. The van der Waals surface area contributed by atoms with Crippen LogP contribution in [0.1, 0.15) is 41.3 Å². The molecule has 0 saturated carbocycles. The second kappa shape index (κ2) is 9.67. The summed E-state index contributed by atoms with van der Waals surface area (Å²) in [6.45, 7) is 3.94. The van der Waals surface area contributed by atoms with Crippen LogP contribution >= 0.6 is 0 Å². The molecule has 4 aromatic rings. The fraction of sp³-hybridized carbons (Fsp3) is 0.321. The van der Waals surface area contributed by atoms with Crippen molar-refractivity contribution in [1.82, 2.24) is 10.2 Å². The number of fused-ring (bicyclic) bond motifs is 2. The van der Waals surface area contributed by atoms with Gasteiger partial charge in [0.15, 0.2) is 5.76 Å². The van der Waals surface area contributed by atoms with Crippen molar-refractivity contribution < 1.29 is 13.9 Å². The van der Waals surface area contributed by atoms with Gasteiger partial charge in [-0.1, -0.05) is 48.5 Å². The topological polar surface area (TPSA) is 54.7 Å². The molecule has 1 aromatic heterocycles. The third-order valence-electron chi connectivity index (χ3n) is 6.68. The zero-order valence-electron chi connectivity index (χ0n) is 19.0. The van der Waals surface area contributed by atoms with E-state index in [4.69, 9.17) is 9.15 Å². The van der Waals surface area contributed by atoms with Crippen LogP contribution in [0.5, 0.6) is 5.75 Å². The van der Waals surface area contributed by atoms with Crippen LogP contribution in [0.2, 0.25) is 0 Å². The van der Waals surface area contributed by atoms with E-state index < -0.39 is 0 Å². The molecule has 170 valence electrons. The van der Waals surface area contributed by atoms with E-state index in [9.17, 15) is 4.79 Å². The fourth-order valence-corrected chi connectivity index (χ4v) is 4.82. The van der Waals surface area contributed by atoms with E-state index in [-0.39, 0.29) is 5.91 Å². The van der Waals surface area contributed by atoms with Gasteiger partial charge in [0.2, 0.25) is 0 Å². The molecular weight excluding hydrogens is 412 g/mol. The summed E-state index contributed by atoms with van der Waals surface area (Å²) in [6.07, 6.45) is 3.38. The van der Waals surface area contributed by atoms with Crippen molar-refractivity contribution in [3.8, 4) is 5.75 Å². The van der Waals surface area contributed by atoms with Gasteiger partial charge < -0.3 is 19.4 Å². The minimum Gasteiger partial charge on any atom is -0.493 e. The van der Waals surface area contributed by atoms with Gasteiger partial charge in [-0.25, -0.2) is 0 Å². The van der Waals surface area contributed by atoms with Crippen molar-refractivity contribution >= 4 is 27.6 Å². The molecule has 5 heteroatoms. The number of nitrogens with one attached hydrogen (secondary N) is 1. The quantitative estimate of drug-likeness (QED) is 0.379. The second-order valence-corrected chi connectivity index (χ2v) is 8.78. The van der Waals surface area contributed by atoms with Crippen molar-refractivity contribution in [1.29, 1.82) is 0 Å². The smallest absolute Gasteiger partial charge is 0.286 e. The normalized spacial score (nSPS) is 15.2. The van der Waals surface area contributed by atoms with Crippen molar-refractivity contribution in [2.24, 2.45) is 0 Å². The average Bonchev–Trinajstić information content (AvgIpc) is 3.31. The monoisotopic (exact) mass is 442 g/mol. The van der Waals surface area contributed by atoms with Crippen LogP contribution in [-0.4, -0.2) is 44.1 Å². The van der Waals surface area contributed by atoms with Crippen LogP contribution in [0.4, 0.5) is 0 Å². The van der Waals surface area contributed by atoms with Gasteiger partial charge >= 0.3 is 0 Å². The summed E-state index contributed by atoms with van der Waals surface area (Å²) in [4.78, 5) is 14.4. The molecule has 1 amide bonds. The maximum Gasteiger partial charge on any atom is 0.286 e. The van der Waals surface area contributed by atoms with Crippen molar-refractivity contribution in [2.75, 3.05) is 33.3 Å². The van der Waals surface area contributed by atoms with Crippen LogP contribution in [0.25, 0.3) is 21.7 Å². The zero-order chi connectivity index (χ0) is 22.6. The molecule has 0 atom stereocenters. The van der Waals surface area contributed by atoms with Crippen LogP contribution < -0.4 is 10.1 Å². The largest absolute Gasteiger partial charge is 0.493 e. The summed E-state index contributed by atoms with van der Waals surface area (Å²) in [5.74, 6) is 1.49. The molecule has 1 fully saturated rings. The molecule has 1 saturated heterocycles. The molecular formula is C28H30N2O3. The molecule has 2 heterocycles. The third kappa shape index (κ3) is 4.74. The summed E-state index contributed by atoms with van der Waals surface area (Å²) in [7, 11) is 1.59. The Bertz CT molecular complexity index is 1250. The van der Waals surface area contributed by atoms with E-state index in [1.165, 1.54) is 29.2 Å². The first kappa shape index (κ1) is 21.5. The molecule has 33 heavy (non-hydrogen) atoms. The molecule has 1 aliphatic heterocycles. The van der Waals surface area contributed by atoms with Gasteiger partial charge in [-0.15, -0.1) is 0 Å². The molecule has 0 spiro atoms. The number of piperidine rings is 1. The fourth-order valence-electron chi connectivity index (χ4n) is 4.82. The number of hydrogen-bond donors (Lipinski definition) is 1. The van der Waals surface area contributed by atoms with Gasteiger partial charge in [0.05, 0.1) is 12.0 Å². The Kier molecular flexibility index (Phi) is 6.31. The summed E-state index contributed by atoms with van der Waals surface area (Å²) >= 11 is 0. The van der Waals surface area contributed by atoms with Gasteiger partial charge in [-0.05, 0) is 66.7 Å². The first-order valence-electron chi connectivity index (χ1n) is 11.8. The lowest BCUT2D eigenvalue weighted by Crippen LogP contribution is -2.34. The summed E-state index contributed by atoms with van der Waals surface area (Å²) < 4.78 is 11.7. The highest BCUT2D eigenvalue weighted by Gasteiger charge is 2.20. The molecule has 0 unspecified atom stereocenters. The number of furan rings is 1. The number of likely N-dealkylation sites (tertiary alicyclic amines) is 1. The van der Waals surface area contributed by atoms with Crippen LogP contribution in [0.15, 0.2) is 71.1 Å². The third-order valence-corrected chi connectivity index (χ3v) is 6.68. The molecule has 5 rings (SSSR count). The number of amides is 1. The van der Waals surface area contributed by atoms with Crippen LogP contribution in [0, 0.1) is 0 Å². The highest BCUT2D eigenvalue weighted by molar-refractivity contribution is 5.97. The summed E-state index contributed by atoms with van der Waals surface area (Å²) in [6, 6.07) is 23.0. The standard InChI is InChI=1S/C28H30N2O3/c1-29-28(31)27-19-24-25(8-4-9-26(24)33-27)32-17-5-14-30-15-12-21(13-16-30)23-11-10-20-6-2-3-7-22(20)18-23/h2-4,6-11,18-19,21H,5,12-17H2,1H3,(H,29,31). The van der Waals surface area contributed by atoms with E-state index in [1.807, 2.05) is 18.2 Å². The highest BCUT2D eigenvalue weighted by Crippen LogP contribution is 2.31. The van der Waals surface area contributed by atoms with E-state index in [1.54, 1.807) is 13.1 Å². The van der Waals surface area contributed by atoms with Crippen LogP contribution in [-0.2, 0) is 0 Å². The van der Waals surface area contributed by atoms with Crippen molar-refractivity contribution in [3.05, 3.63) is 78.1 Å². The Balaban J connectivity index is 1.11. The number of carbonyl (C=O) groups is 1. The molecule has 5 nitrogen and oxygen atoms in total. The summed E-state index contributed by atoms with van der Waals surface area (Å²) in [5, 5.41) is 6.08. The summed E-state index contributed by atoms with van der Waals surface area (Å²) in [5.41, 5.74) is 2.14. The predicted molar refractivity (Wildman–Crippen MR) is 132 cm³/mol. The van der Waals surface area contributed by atoms with E-state index in [2.05, 4.69) is 52.7 Å². The number of benzene rings is 3. The first-order chi connectivity index (χ1) is 16.2. The molecule has 0 aliphatic carbocycles. The van der Waals surface area contributed by atoms with Crippen molar-refractivity contribution in [2.45, 2.75) is 25.2 Å². The van der Waals surface area contributed by atoms with E-state index >= 15 is 0 Å². The zero-order valence-corrected chi connectivity index (χ0v) is 19.0. The Morgan fingerprint density at radius 2 is 1.85 bits per heavy atom. The lowest BCUT2D eigenvalue weighted by atomic mass is 9.88. The first-order valence-corrected chi connectivity index (χ1v) is 11.8. The molecule has 1 aliphatic rings. The molecule has 0 radical (unpaired) electrons. The van der Waals surface area contributed by atoms with Gasteiger partial charge in [-0.3, -0.25) is 4.79 Å². The lowest BCUT2D eigenvalue weighted by molar-refractivity contribution is 0.0938. The van der Waals surface area contributed by atoms with E-state index in [0.29, 0.717) is 23.9 Å². The van der Waals surface area contributed by atoms with Gasteiger partial charge in [0.25, 0.3) is 5.91 Å². The Labute approximate surface area is 194 Å². The predicted octanol–water partition coefficient (Wildman–Crippen LogP) is 5.59. The Morgan fingerprint density at radius 3 is 2.67 bits per heavy atom. The number of carbonyl (C=O) groups excluding carboxylic acids is 1. The molecule has 0 bridgehead atoms. The van der Waals surface area contributed by atoms with Gasteiger partial charge in [-0.2, -0.15) is 0 Å². The SMILES string of the molecule is CNC(=O)c1cc2c(OCCCN3CCC(c4ccc5ccccc5c4)CC3)cccc2o1. The van der Waals surface area contributed by atoms with Crippen LogP contribution in [0.3, 0.4) is 0 Å². The highest BCUT2D eigenvalue weighted by atomic mass is 16.5. The Hall–Kier alpha value is -3.31. The Morgan fingerprint density at radius 1 is 1.03 bits per heavy atom.